The second-order valence-corrected chi connectivity index (χ2v) is 8.46. The third kappa shape index (κ3) is 1.32. The standard InChI is InChI=1S/C19H24O2/c1-18-6-5-15-13(14(18)2-3-17(18)21)8-11-10-19(15)7-4-12(20)9-16(11)19/h5,9,11,13-14,17,21H,2-4,6-8,10H2,1H3. The Bertz CT molecular complexity index is 601. The van der Waals surface area contributed by atoms with Gasteiger partial charge in [-0.1, -0.05) is 24.1 Å². The molecule has 0 amide bonds. The average Bonchev–Trinajstić information content (AvgIpc) is 2.77. The van der Waals surface area contributed by atoms with Gasteiger partial charge in [0.2, 0.25) is 0 Å². The molecule has 6 atom stereocenters. The lowest BCUT2D eigenvalue weighted by Crippen LogP contribution is -2.55. The van der Waals surface area contributed by atoms with Crippen molar-refractivity contribution in [1.82, 2.24) is 0 Å². The summed E-state index contributed by atoms with van der Waals surface area (Å²) in [5, 5.41) is 10.4. The smallest absolute Gasteiger partial charge is 0.155 e. The lowest BCUT2D eigenvalue weighted by molar-refractivity contribution is -0.117. The number of fused-ring (bicyclic) bond motifs is 1. The summed E-state index contributed by atoms with van der Waals surface area (Å²) < 4.78 is 0. The van der Waals surface area contributed by atoms with E-state index in [4.69, 9.17) is 0 Å². The molecule has 2 heteroatoms. The minimum Gasteiger partial charge on any atom is -0.393 e. The number of rotatable bonds is 0. The number of allylic oxidation sites excluding steroid dienone is 4. The molecule has 0 aliphatic heterocycles. The van der Waals surface area contributed by atoms with Crippen LogP contribution in [-0.4, -0.2) is 17.0 Å². The van der Waals surface area contributed by atoms with Crippen LogP contribution in [0.25, 0.3) is 0 Å². The maximum Gasteiger partial charge on any atom is 0.155 e. The van der Waals surface area contributed by atoms with Crippen LogP contribution in [0.2, 0.25) is 0 Å². The van der Waals surface area contributed by atoms with Crippen molar-refractivity contribution in [2.24, 2.45) is 28.6 Å². The largest absolute Gasteiger partial charge is 0.393 e. The molecule has 2 nitrogen and oxygen atoms in total. The fraction of sp³-hybridized carbons (Fsp3) is 0.737. The first-order valence-electron chi connectivity index (χ1n) is 8.68. The number of aliphatic hydroxyl groups is 1. The molecule has 0 aromatic heterocycles. The number of ketones is 1. The molecule has 1 spiro atoms. The van der Waals surface area contributed by atoms with E-state index < -0.39 is 0 Å². The van der Waals surface area contributed by atoms with Gasteiger partial charge >= 0.3 is 0 Å². The number of aliphatic hydroxyl groups excluding tert-OH is 1. The van der Waals surface area contributed by atoms with Gasteiger partial charge in [-0.2, -0.15) is 0 Å². The van der Waals surface area contributed by atoms with Gasteiger partial charge in [-0.15, -0.1) is 0 Å². The molecule has 6 aliphatic rings. The predicted molar refractivity (Wildman–Crippen MR) is 80.5 cm³/mol. The molecular formula is C19H24O2. The summed E-state index contributed by atoms with van der Waals surface area (Å²) in [5.41, 5.74) is 3.53. The third-order valence-corrected chi connectivity index (χ3v) is 7.80. The quantitative estimate of drug-likeness (QED) is 0.692. The maximum absolute atomic E-state index is 11.8. The van der Waals surface area contributed by atoms with E-state index >= 15 is 0 Å². The molecule has 6 aliphatic carbocycles. The van der Waals surface area contributed by atoms with E-state index in [1.807, 2.05) is 6.08 Å². The first kappa shape index (κ1) is 12.6. The van der Waals surface area contributed by atoms with E-state index in [9.17, 15) is 9.90 Å². The van der Waals surface area contributed by atoms with E-state index in [0.717, 1.165) is 25.7 Å². The maximum atomic E-state index is 11.8. The van der Waals surface area contributed by atoms with Crippen molar-refractivity contribution >= 4 is 5.78 Å². The first-order chi connectivity index (χ1) is 10.0. The fourth-order valence-corrected chi connectivity index (χ4v) is 6.67. The monoisotopic (exact) mass is 284 g/mol. The van der Waals surface area contributed by atoms with Crippen molar-refractivity contribution in [1.29, 1.82) is 0 Å². The van der Waals surface area contributed by atoms with Crippen molar-refractivity contribution in [3.05, 3.63) is 23.3 Å². The second kappa shape index (κ2) is 3.71. The highest BCUT2D eigenvalue weighted by Gasteiger charge is 2.63. The van der Waals surface area contributed by atoms with Crippen LogP contribution in [0.1, 0.15) is 51.9 Å². The zero-order valence-electron chi connectivity index (χ0n) is 12.8. The molecule has 2 bridgehead atoms. The van der Waals surface area contributed by atoms with Crippen LogP contribution in [-0.2, 0) is 4.79 Å². The zero-order chi connectivity index (χ0) is 14.4. The van der Waals surface area contributed by atoms with Crippen LogP contribution < -0.4 is 0 Å². The molecule has 1 N–H and O–H groups in total. The van der Waals surface area contributed by atoms with E-state index in [-0.39, 0.29) is 16.9 Å². The van der Waals surface area contributed by atoms with Crippen LogP contribution in [0.3, 0.4) is 0 Å². The molecule has 0 aromatic carbocycles. The molecule has 21 heavy (non-hydrogen) atoms. The SMILES string of the molecule is CC12CC=C3C(CC4CC35CCC(=O)C=C45)C1CCC2O. The number of carbonyl (C=O) groups is 1. The normalized spacial score (nSPS) is 53.9. The summed E-state index contributed by atoms with van der Waals surface area (Å²) in [6.45, 7) is 2.31. The molecule has 6 unspecified atom stereocenters. The van der Waals surface area contributed by atoms with Crippen molar-refractivity contribution < 1.29 is 9.90 Å². The van der Waals surface area contributed by atoms with Gasteiger partial charge in [0, 0.05) is 17.3 Å². The topological polar surface area (TPSA) is 37.3 Å². The van der Waals surface area contributed by atoms with Gasteiger partial charge in [0.25, 0.3) is 0 Å². The average molecular weight is 284 g/mol. The molecule has 0 radical (unpaired) electrons. The Morgan fingerprint density at radius 2 is 2.14 bits per heavy atom. The Balaban J connectivity index is 1.60. The molecule has 0 heterocycles. The van der Waals surface area contributed by atoms with Gasteiger partial charge < -0.3 is 5.11 Å². The lowest BCUT2D eigenvalue weighted by Gasteiger charge is -2.64. The van der Waals surface area contributed by atoms with Gasteiger partial charge in [0.1, 0.15) is 0 Å². The Morgan fingerprint density at radius 3 is 3.00 bits per heavy atom. The second-order valence-electron chi connectivity index (χ2n) is 8.46. The van der Waals surface area contributed by atoms with Crippen LogP contribution in [0.15, 0.2) is 23.3 Å². The summed E-state index contributed by atoms with van der Waals surface area (Å²) in [6, 6.07) is 0. The predicted octanol–water partition coefficient (Wildman–Crippen LogP) is 3.41. The molecular weight excluding hydrogens is 260 g/mol. The highest BCUT2D eigenvalue weighted by atomic mass is 16.3. The summed E-state index contributed by atoms with van der Waals surface area (Å²) in [5.74, 6) is 2.37. The summed E-state index contributed by atoms with van der Waals surface area (Å²) in [6.07, 6.45) is 11.9. The Morgan fingerprint density at radius 1 is 1.29 bits per heavy atom. The Kier molecular flexibility index (Phi) is 2.23. The molecule has 112 valence electrons. The Labute approximate surface area is 126 Å². The minimum atomic E-state index is -0.112. The summed E-state index contributed by atoms with van der Waals surface area (Å²) in [4.78, 5) is 11.8. The minimum absolute atomic E-state index is 0.112. The van der Waals surface area contributed by atoms with Crippen LogP contribution in [0.4, 0.5) is 0 Å². The lowest BCUT2D eigenvalue weighted by atomic mass is 9.40. The van der Waals surface area contributed by atoms with E-state index in [1.54, 1.807) is 5.57 Å². The molecule has 4 fully saturated rings. The van der Waals surface area contributed by atoms with Crippen molar-refractivity contribution in [3.63, 3.8) is 0 Å². The number of carbonyl (C=O) groups excluding carboxylic acids is 1. The number of hydrogen-bond donors (Lipinski definition) is 1. The van der Waals surface area contributed by atoms with Gasteiger partial charge in [-0.3, -0.25) is 4.79 Å². The summed E-state index contributed by atoms with van der Waals surface area (Å²) >= 11 is 0. The van der Waals surface area contributed by atoms with Gasteiger partial charge in [0.15, 0.2) is 5.78 Å². The van der Waals surface area contributed by atoms with Crippen molar-refractivity contribution in [2.75, 3.05) is 0 Å². The van der Waals surface area contributed by atoms with Gasteiger partial charge in [-0.05, 0) is 62.4 Å². The highest BCUT2D eigenvalue weighted by Crippen LogP contribution is 2.72. The fourth-order valence-electron chi connectivity index (χ4n) is 6.67. The Hall–Kier alpha value is -0.890. The molecule has 0 aromatic rings. The first-order valence-corrected chi connectivity index (χ1v) is 8.68. The van der Waals surface area contributed by atoms with E-state index in [2.05, 4.69) is 13.0 Å². The molecule has 6 rings (SSSR count). The van der Waals surface area contributed by atoms with Crippen molar-refractivity contribution in [2.45, 2.75) is 58.0 Å². The zero-order valence-corrected chi connectivity index (χ0v) is 12.8. The van der Waals surface area contributed by atoms with E-state index in [0.29, 0.717) is 23.5 Å². The van der Waals surface area contributed by atoms with Gasteiger partial charge in [-0.25, -0.2) is 0 Å². The van der Waals surface area contributed by atoms with Crippen LogP contribution in [0.5, 0.6) is 0 Å². The van der Waals surface area contributed by atoms with E-state index in [1.165, 1.54) is 24.8 Å². The highest BCUT2D eigenvalue weighted by molar-refractivity contribution is 5.92. The molecule has 0 saturated heterocycles. The molecule has 4 saturated carbocycles. The number of hydrogen-bond acceptors (Lipinski definition) is 2. The van der Waals surface area contributed by atoms with Crippen LogP contribution in [0, 0.1) is 28.6 Å². The van der Waals surface area contributed by atoms with Crippen LogP contribution >= 0.6 is 0 Å². The third-order valence-electron chi connectivity index (χ3n) is 7.80. The van der Waals surface area contributed by atoms with Gasteiger partial charge in [0.05, 0.1) is 6.10 Å². The van der Waals surface area contributed by atoms with Crippen molar-refractivity contribution in [3.8, 4) is 0 Å². The summed E-state index contributed by atoms with van der Waals surface area (Å²) in [7, 11) is 0.